The van der Waals surface area contributed by atoms with E-state index in [0.29, 0.717) is 21.7 Å². The molecule has 0 spiro atoms. The first-order chi connectivity index (χ1) is 11.0. The Morgan fingerprint density at radius 2 is 2.04 bits per heavy atom. The minimum atomic E-state index is -0.415. The molecule has 6 nitrogen and oxygen atoms in total. The molecule has 0 bridgehead atoms. The Morgan fingerprint density at radius 3 is 2.78 bits per heavy atom. The first-order valence-corrected chi connectivity index (χ1v) is 7.16. The topological polar surface area (TPSA) is 80.0 Å². The molecule has 23 heavy (non-hydrogen) atoms. The van der Waals surface area contributed by atoms with E-state index in [0.717, 1.165) is 11.6 Å². The number of aryl methyl sites for hydroxylation is 1. The summed E-state index contributed by atoms with van der Waals surface area (Å²) in [6, 6.07) is 8.52. The number of rotatable bonds is 3. The van der Waals surface area contributed by atoms with Crippen LogP contribution in [0.3, 0.4) is 0 Å². The van der Waals surface area contributed by atoms with E-state index in [-0.39, 0.29) is 11.4 Å². The fourth-order valence-corrected chi connectivity index (χ4v) is 2.35. The van der Waals surface area contributed by atoms with Crippen LogP contribution >= 0.6 is 11.6 Å². The van der Waals surface area contributed by atoms with E-state index in [4.69, 9.17) is 11.6 Å². The molecule has 1 aromatic heterocycles. The zero-order valence-electron chi connectivity index (χ0n) is 12.2. The number of phenols is 1. The number of halogens is 1. The predicted molar refractivity (Wildman–Crippen MR) is 89.1 cm³/mol. The van der Waals surface area contributed by atoms with Crippen molar-refractivity contribution in [2.24, 2.45) is 0 Å². The third-order valence-corrected chi connectivity index (χ3v) is 3.47. The summed E-state index contributed by atoms with van der Waals surface area (Å²) in [6.07, 6.45) is 1.13. The first kappa shape index (κ1) is 15.1. The van der Waals surface area contributed by atoms with Crippen LogP contribution < -0.4 is 5.32 Å². The van der Waals surface area contributed by atoms with Gasteiger partial charge in [-0.2, -0.15) is 0 Å². The molecule has 0 aliphatic rings. The number of carbonyl (C=O) groups is 1. The second kappa shape index (κ2) is 5.73. The molecule has 0 aliphatic heterocycles. The van der Waals surface area contributed by atoms with Crippen molar-refractivity contribution in [3.05, 3.63) is 53.6 Å². The van der Waals surface area contributed by atoms with Gasteiger partial charge in [0, 0.05) is 5.02 Å². The minimum absolute atomic E-state index is 0.128. The van der Waals surface area contributed by atoms with Gasteiger partial charge in [-0.25, -0.2) is 0 Å². The summed E-state index contributed by atoms with van der Waals surface area (Å²) in [5, 5.41) is 22.2. The Bertz CT molecular complexity index is 933. The van der Waals surface area contributed by atoms with Gasteiger partial charge in [-0.3, -0.25) is 4.79 Å². The van der Waals surface area contributed by atoms with Crippen LogP contribution in [0.5, 0.6) is 5.75 Å². The lowest BCUT2D eigenvalue weighted by Crippen LogP contribution is -2.09. The van der Waals surface area contributed by atoms with Crippen molar-refractivity contribution in [1.82, 2.24) is 15.0 Å². The number of anilines is 1. The van der Waals surface area contributed by atoms with E-state index >= 15 is 0 Å². The lowest BCUT2D eigenvalue weighted by Gasteiger charge is -2.11. The monoisotopic (exact) mass is 328 g/mol. The minimum Gasteiger partial charge on any atom is -0.504 e. The van der Waals surface area contributed by atoms with E-state index in [1.54, 1.807) is 30.3 Å². The summed E-state index contributed by atoms with van der Waals surface area (Å²) in [4.78, 5) is 12.8. The highest BCUT2D eigenvalue weighted by Crippen LogP contribution is 2.32. The summed E-state index contributed by atoms with van der Waals surface area (Å²) < 4.78 is 0. The van der Waals surface area contributed by atoms with Gasteiger partial charge in [0.05, 0.1) is 5.69 Å². The van der Waals surface area contributed by atoms with Crippen LogP contribution in [0.15, 0.2) is 43.0 Å². The van der Waals surface area contributed by atoms with E-state index < -0.39 is 5.91 Å². The molecule has 3 aromatic rings. The van der Waals surface area contributed by atoms with Gasteiger partial charge in [0.25, 0.3) is 0 Å². The lowest BCUT2D eigenvalue weighted by molar-refractivity contribution is -0.111. The molecular weight excluding hydrogens is 316 g/mol. The molecular formula is C16H13ClN4O2. The van der Waals surface area contributed by atoms with Gasteiger partial charge in [0.15, 0.2) is 5.75 Å². The van der Waals surface area contributed by atoms with Crippen LogP contribution in [-0.2, 0) is 4.79 Å². The molecule has 2 aromatic carbocycles. The molecule has 1 heterocycles. The average Bonchev–Trinajstić information content (AvgIpc) is 2.93. The summed E-state index contributed by atoms with van der Waals surface area (Å²) >= 11 is 5.95. The van der Waals surface area contributed by atoms with Crippen LogP contribution in [0.2, 0.25) is 5.02 Å². The number of aromatic nitrogens is 3. The zero-order valence-corrected chi connectivity index (χ0v) is 13.0. The van der Waals surface area contributed by atoms with Gasteiger partial charge >= 0.3 is 0 Å². The number of nitrogens with one attached hydrogen (secondary N) is 1. The fourth-order valence-electron chi connectivity index (χ4n) is 2.19. The molecule has 0 saturated heterocycles. The van der Waals surface area contributed by atoms with Gasteiger partial charge in [-0.15, -0.1) is 15.0 Å². The van der Waals surface area contributed by atoms with Crippen LogP contribution in [0.25, 0.3) is 16.7 Å². The maximum absolute atomic E-state index is 11.5. The third-order valence-electron chi connectivity index (χ3n) is 3.24. The number of fused-ring (bicyclic) bond motifs is 1. The number of phenolic OH excluding ortho intramolecular Hbond substituents is 1. The van der Waals surface area contributed by atoms with E-state index in [1.807, 2.05) is 6.92 Å². The number of carbonyl (C=O) groups excluding carboxylic acids is 1. The highest BCUT2D eigenvalue weighted by molar-refractivity contribution is 6.31. The van der Waals surface area contributed by atoms with Crippen LogP contribution in [0, 0.1) is 6.92 Å². The van der Waals surface area contributed by atoms with E-state index in [9.17, 15) is 9.90 Å². The predicted octanol–water partition coefficient (Wildman–Crippen LogP) is 3.21. The number of hydrogen-bond donors (Lipinski definition) is 2. The Morgan fingerprint density at radius 1 is 1.30 bits per heavy atom. The Kier molecular flexibility index (Phi) is 3.75. The van der Waals surface area contributed by atoms with Crippen molar-refractivity contribution >= 4 is 34.2 Å². The quantitative estimate of drug-likeness (QED) is 0.571. The van der Waals surface area contributed by atoms with Gasteiger partial charge < -0.3 is 10.4 Å². The first-order valence-electron chi connectivity index (χ1n) is 6.78. The van der Waals surface area contributed by atoms with Crippen molar-refractivity contribution in [2.75, 3.05) is 5.32 Å². The lowest BCUT2D eigenvalue weighted by atomic mass is 10.1. The molecule has 3 rings (SSSR count). The van der Waals surface area contributed by atoms with Crippen molar-refractivity contribution in [2.45, 2.75) is 6.92 Å². The van der Waals surface area contributed by atoms with E-state index in [1.165, 1.54) is 4.80 Å². The molecule has 0 fully saturated rings. The second-order valence-corrected chi connectivity index (χ2v) is 5.43. The summed E-state index contributed by atoms with van der Waals surface area (Å²) in [5.74, 6) is -0.542. The van der Waals surface area contributed by atoms with Gasteiger partial charge in [-0.1, -0.05) is 18.2 Å². The molecule has 0 saturated carbocycles. The molecule has 116 valence electrons. The molecule has 0 aliphatic carbocycles. The maximum Gasteiger partial charge on any atom is 0.247 e. The van der Waals surface area contributed by atoms with Crippen molar-refractivity contribution in [3.63, 3.8) is 0 Å². The average molecular weight is 329 g/mol. The van der Waals surface area contributed by atoms with Gasteiger partial charge in [0.2, 0.25) is 5.91 Å². The molecule has 1 amide bonds. The smallest absolute Gasteiger partial charge is 0.247 e. The summed E-state index contributed by atoms with van der Waals surface area (Å²) in [5.41, 5.74) is 2.71. The molecule has 0 atom stereocenters. The third kappa shape index (κ3) is 2.89. The number of amides is 1. The van der Waals surface area contributed by atoms with Crippen LogP contribution in [0.4, 0.5) is 5.69 Å². The van der Waals surface area contributed by atoms with E-state index in [2.05, 4.69) is 22.1 Å². The number of aromatic hydroxyl groups is 1. The largest absolute Gasteiger partial charge is 0.504 e. The van der Waals surface area contributed by atoms with Crippen LogP contribution in [-0.4, -0.2) is 26.0 Å². The second-order valence-electron chi connectivity index (χ2n) is 5.00. The summed E-state index contributed by atoms with van der Waals surface area (Å²) in [7, 11) is 0. The highest BCUT2D eigenvalue weighted by Gasteiger charge is 2.14. The molecule has 0 unspecified atom stereocenters. The normalized spacial score (nSPS) is 10.7. The van der Waals surface area contributed by atoms with Gasteiger partial charge in [-0.05, 0) is 48.9 Å². The molecule has 0 radical (unpaired) electrons. The van der Waals surface area contributed by atoms with Crippen molar-refractivity contribution < 1.29 is 9.90 Å². The fraction of sp³-hybridized carbons (Fsp3) is 0.0625. The number of benzene rings is 2. The molecule has 7 heteroatoms. The SMILES string of the molecule is C=CC(=O)Nc1cc(C)cc(-n2nc3ccc(Cl)cc3n2)c1O. The van der Waals surface area contributed by atoms with Crippen molar-refractivity contribution in [1.29, 1.82) is 0 Å². The Hall–Kier alpha value is -2.86. The molecule has 2 N–H and O–H groups in total. The Balaban J connectivity index is 2.13. The van der Waals surface area contributed by atoms with Crippen molar-refractivity contribution in [3.8, 4) is 11.4 Å². The zero-order chi connectivity index (χ0) is 16.6. The number of nitrogens with zero attached hydrogens (tertiary/aromatic N) is 3. The highest BCUT2D eigenvalue weighted by atomic mass is 35.5. The Labute approximate surface area is 137 Å². The van der Waals surface area contributed by atoms with Crippen LogP contribution in [0.1, 0.15) is 5.56 Å². The van der Waals surface area contributed by atoms with Gasteiger partial charge in [0.1, 0.15) is 16.7 Å². The number of hydrogen-bond acceptors (Lipinski definition) is 4. The maximum atomic E-state index is 11.5. The standard InChI is InChI=1S/C16H13ClN4O2/c1-3-15(22)18-13-6-9(2)7-14(16(13)23)21-19-11-5-4-10(17)8-12(11)20-21/h3-8,23H,1H2,2H3,(H,18,22). The summed E-state index contributed by atoms with van der Waals surface area (Å²) in [6.45, 7) is 5.23.